The molecule has 3 amide bonds. The Morgan fingerprint density at radius 2 is 0.667 bits per heavy atom. The maximum atomic E-state index is 15.3. The molecular weight excluding hydrogens is 828 g/mol. The maximum absolute atomic E-state index is 15.3. The van der Waals surface area contributed by atoms with E-state index in [1.807, 2.05) is 0 Å². The van der Waals surface area contributed by atoms with E-state index < -0.39 is 106 Å². The van der Waals surface area contributed by atoms with Gasteiger partial charge < -0.3 is 28.9 Å². The topological polar surface area (TPSA) is 257 Å². The molecule has 0 spiro atoms. The summed E-state index contributed by atoms with van der Waals surface area (Å²) >= 11 is 0. The second-order valence-corrected chi connectivity index (χ2v) is 15.9. The molecule has 3 fully saturated rings. The highest BCUT2D eigenvalue weighted by Crippen LogP contribution is 2.31. The summed E-state index contributed by atoms with van der Waals surface area (Å²) in [6, 6.07) is 0. The van der Waals surface area contributed by atoms with Gasteiger partial charge in [0.2, 0.25) is 17.7 Å². The molecule has 4 rings (SSSR count). The van der Waals surface area contributed by atoms with Crippen molar-refractivity contribution in [3.8, 4) is 0 Å². The number of likely N-dealkylation sites (tertiary alicyclic amines) is 3. The Labute approximate surface area is 363 Å². The number of aromatic nitrogens is 3. The second-order valence-electron chi connectivity index (χ2n) is 15.9. The Morgan fingerprint density at radius 1 is 0.429 bits per heavy atom. The lowest BCUT2D eigenvalue weighted by atomic mass is 10.0. The van der Waals surface area contributed by atoms with E-state index in [0.717, 1.165) is 35.5 Å². The first kappa shape index (κ1) is 49.9. The fourth-order valence-corrected chi connectivity index (χ4v) is 8.70. The lowest BCUT2D eigenvalue weighted by Crippen LogP contribution is -2.63. The van der Waals surface area contributed by atoms with Crippen molar-refractivity contribution >= 4 is 53.0 Å². The first-order chi connectivity index (χ1) is 30.0. The lowest BCUT2D eigenvalue weighted by Gasteiger charge is -2.37. The number of rotatable bonds is 15. The number of hydrogen-bond acceptors (Lipinski definition) is 15. The maximum Gasteiger partial charge on any atom is 0.339 e. The Bertz CT molecular complexity index is 1860. The van der Waals surface area contributed by atoms with Crippen molar-refractivity contribution in [2.75, 3.05) is 39.5 Å². The van der Waals surface area contributed by atoms with Crippen molar-refractivity contribution in [1.29, 1.82) is 0 Å². The van der Waals surface area contributed by atoms with Crippen molar-refractivity contribution in [3.05, 3.63) is 31.5 Å². The Morgan fingerprint density at radius 3 is 0.873 bits per heavy atom. The van der Waals surface area contributed by atoms with Gasteiger partial charge in [-0.3, -0.25) is 43.2 Å². The minimum absolute atomic E-state index is 0.0856. The molecule has 21 heteroatoms. The number of nitrogens with zero attached hydrogens (tertiary/aromatic N) is 6. The number of esters is 3. The van der Waals surface area contributed by atoms with Crippen molar-refractivity contribution in [2.45, 2.75) is 137 Å². The Hall–Kier alpha value is -5.76. The molecule has 0 aliphatic carbocycles. The zero-order chi connectivity index (χ0) is 46.7. The molecule has 0 radical (unpaired) electrons. The molecule has 0 bridgehead atoms. The van der Waals surface area contributed by atoms with Gasteiger partial charge in [0.25, 0.3) is 0 Å². The first-order valence-electron chi connectivity index (χ1n) is 21.9. The van der Waals surface area contributed by atoms with Gasteiger partial charge in [-0.25, -0.2) is 28.1 Å². The van der Waals surface area contributed by atoms with E-state index in [2.05, 4.69) is 0 Å². The lowest BCUT2D eigenvalue weighted by molar-refractivity contribution is -0.162. The van der Waals surface area contributed by atoms with Gasteiger partial charge in [-0.1, -0.05) is 19.3 Å². The summed E-state index contributed by atoms with van der Waals surface area (Å²) in [6.45, 7) is 6.62. The van der Waals surface area contributed by atoms with Gasteiger partial charge >= 0.3 is 35.0 Å². The van der Waals surface area contributed by atoms with Gasteiger partial charge in [-0.2, -0.15) is 0 Å². The molecule has 348 valence electrons. The molecule has 0 saturated carbocycles. The predicted octanol–water partition coefficient (Wildman–Crippen LogP) is 1.18. The molecule has 6 atom stereocenters. The molecule has 3 aliphatic rings. The van der Waals surface area contributed by atoms with Crippen LogP contribution in [0.1, 0.15) is 137 Å². The minimum atomic E-state index is -1.96. The molecule has 0 N–H and O–H groups in total. The Kier molecular flexibility index (Phi) is 17.9. The smallest absolute Gasteiger partial charge is 0.339 e. The van der Waals surface area contributed by atoms with Crippen LogP contribution in [-0.2, 0) is 57.4 Å². The van der Waals surface area contributed by atoms with Crippen molar-refractivity contribution in [1.82, 2.24) is 28.4 Å². The summed E-state index contributed by atoms with van der Waals surface area (Å²) in [7, 11) is 0. The zero-order valence-electron chi connectivity index (χ0n) is 37.0. The molecule has 1 aromatic heterocycles. The van der Waals surface area contributed by atoms with E-state index in [4.69, 9.17) is 14.2 Å². The van der Waals surface area contributed by atoms with Crippen LogP contribution in [0.15, 0.2) is 14.4 Å². The van der Waals surface area contributed by atoms with Gasteiger partial charge in [-0.15, -0.1) is 0 Å². The predicted molar refractivity (Wildman–Crippen MR) is 219 cm³/mol. The van der Waals surface area contributed by atoms with E-state index in [0.29, 0.717) is 71.5 Å². The standard InChI is InChI=1S/C42H60N6O15/c1-7-61-37(55)31(25(4)49)34(52)43-22-16-10-13-19-28(43)46-40(58)47(29-20-14-11-17-23-44(29)35(53)32(26(5)50)38(56)62-8-2)42(60)48(41(46)59)30-21-15-12-18-24-45(30)36(54)33(27(6)51)39(57)63-9-3/h28-33H,7-24H2,1-6H3. The van der Waals surface area contributed by atoms with Crippen molar-refractivity contribution < 1.29 is 57.4 Å². The molecule has 3 aliphatic heterocycles. The van der Waals surface area contributed by atoms with Crippen molar-refractivity contribution in [2.24, 2.45) is 17.8 Å². The number of ketones is 3. The summed E-state index contributed by atoms with van der Waals surface area (Å²) in [5.41, 5.74) is -3.87. The molecule has 0 aromatic carbocycles. The van der Waals surface area contributed by atoms with Gasteiger partial charge in [0.15, 0.2) is 35.1 Å². The third kappa shape index (κ3) is 10.9. The molecule has 21 nitrogen and oxygen atoms in total. The van der Waals surface area contributed by atoms with Crippen LogP contribution in [0, 0.1) is 17.8 Å². The highest BCUT2D eigenvalue weighted by molar-refractivity contribution is 6.17. The zero-order valence-corrected chi connectivity index (χ0v) is 37.0. The summed E-state index contributed by atoms with van der Waals surface area (Å²) in [6.07, 6.45) is -1.43. The van der Waals surface area contributed by atoms with Gasteiger partial charge in [-0.05, 0) is 99.3 Å². The first-order valence-corrected chi connectivity index (χ1v) is 21.9. The number of carbonyl (C=O) groups excluding carboxylic acids is 9. The number of Topliss-reactive ketones (excluding diaryl/α,β-unsaturated/α-hetero) is 3. The van der Waals surface area contributed by atoms with Crippen LogP contribution < -0.4 is 17.1 Å². The highest BCUT2D eigenvalue weighted by Gasteiger charge is 2.45. The number of amides is 3. The van der Waals surface area contributed by atoms with Crippen LogP contribution in [0.2, 0.25) is 0 Å². The van der Waals surface area contributed by atoms with Crippen LogP contribution in [0.4, 0.5) is 0 Å². The largest absolute Gasteiger partial charge is 0.465 e. The molecule has 4 heterocycles. The monoisotopic (exact) mass is 888 g/mol. The normalized spacial score (nSPS) is 21.0. The van der Waals surface area contributed by atoms with E-state index in [1.54, 1.807) is 0 Å². The summed E-state index contributed by atoms with van der Waals surface area (Å²) in [5, 5.41) is 0. The van der Waals surface area contributed by atoms with Gasteiger partial charge in [0.1, 0.15) is 18.5 Å². The third-order valence-corrected chi connectivity index (χ3v) is 11.7. The number of hydrogen-bond donors (Lipinski definition) is 0. The van der Waals surface area contributed by atoms with Crippen LogP contribution >= 0.6 is 0 Å². The summed E-state index contributed by atoms with van der Waals surface area (Å²) < 4.78 is 17.1. The van der Waals surface area contributed by atoms with E-state index in [-0.39, 0.29) is 58.7 Å². The van der Waals surface area contributed by atoms with Crippen LogP contribution in [0.3, 0.4) is 0 Å². The molecule has 3 saturated heterocycles. The molecular formula is C42H60N6O15. The fourth-order valence-electron chi connectivity index (χ4n) is 8.70. The summed E-state index contributed by atoms with van der Waals surface area (Å²) in [5.74, 6) is -15.1. The van der Waals surface area contributed by atoms with Crippen LogP contribution in [0.25, 0.3) is 0 Å². The average molecular weight is 889 g/mol. The van der Waals surface area contributed by atoms with Crippen molar-refractivity contribution in [3.63, 3.8) is 0 Å². The van der Waals surface area contributed by atoms with Crippen LogP contribution in [0.5, 0.6) is 0 Å². The number of ether oxygens (including phenoxy) is 3. The summed E-state index contributed by atoms with van der Waals surface area (Å²) in [4.78, 5) is 170. The minimum Gasteiger partial charge on any atom is -0.465 e. The quantitative estimate of drug-likeness (QED) is 0.136. The molecule has 6 unspecified atom stereocenters. The molecule has 63 heavy (non-hydrogen) atoms. The van der Waals surface area contributed by atoms with E-state index in [9.17, 15) is 43.2 Å². The van der Waals surface area contributed by atoms with Gasteiger partial charge in [0.05, 0.1) is 19.8 Å². The number of carbonyl (C=O) groups is 9. The Balaban J connectivity index is 2.13. The average Bonchev–Trinajstić information content (AvgIpc) is 3.71. The fraction of sp³-hybridized carbons (Fsp3) is 0.714. The highest BCUT2D eigenvalue weighted by atomic mass is 16.5. The SMILES string of the molecule is CCOC(=O)C(C(C)=O)C(=O)N1CCCCCC1n1c(=O)n(C2CCCCCN2C(=O)C(C(C)=O)C(=O)OCC)c(=O)n(C2CCCCCN2C(=O)C(C(C)=O)C(=O)OCC)c1=O. The van der Waals surface area contributed by atoms with Crippen LogP contribution in [-0.4, -0.2) is 121 Å². The van der Waals surface area contributed by atoms with Gasteiger partial charge in [0, 0.05) is 19.6 Å². The van der Waals surface area contributed by atoms with E-state index in [1.165, 1.54) is 20.8 Å². The molecule has 1 aromatic rings. The van der Waals surface area contributed by atoms with E-state index >= 15 is 14.4 Å². The second kappa shape index (κ2) is 22.5. The third-order valence-electron chi connectivity index (χ3n) is 11.7.